The second kappa shape index (κ2) is 7.09. The van der Waals surface area contributed by atoms with E-state index >= 15 is 0 Å². The van der Waals surface area contributed by atoms with Gasteiger partial charge in [0.15, 0.2) is 0 Å². The Morgan fingerprint density at radius 3 is 2.52 bits per heavy atom. The molecule has 1 aromatic heterocycles. The average Bonchev–Trinajstić information content (AvgIpc) is 2.70. The number of carboxylic acids is 2. The van der Waals surface area contributed by atoms with Gasteiger partial charge in [-0.05, 0) is 68.1 Å². The molecular weight excluding hydrogens is 422 g/mol. The van der Waals surface area contributed by atoms with Crippen molar-refractivity contribution >= 4 is 34.9 Å². The lowest BCUT2D eigenvalue weighted by molar-refractivity contribution is -0.168. The molecule has 4 aliphatic carbocycles. The average molecular weight is 444 g/mol. The van der Waals surface area contributed by atoms with Crippen LogP contribution in [0.15, 0.2) is 35.3 Å². The quantitative estimate of drug-likeness (QED) is 0.645. The third-order valence-corrected chi connectivity index (χ3v) is 7.63. The second-order valence-corrected chi connectivity index (χ2v) is 9.51. The number of carboxylic acid groups (broad SMARTS) is 2. The number of benzene rings is 1. The van der Waals surface area contributed by atoms with Gasteiger partial charge in [-0.2, -0.15) is 5.10 Å². The Morgan fingerprint density at radius 2 is 1.87 bits per heavy atom. The molecule has 0 radical (unpaired) electrons. The molecule has 0 amide bonds. The second-order valence-electron chi connectivity index (χ2n) is 9.13. The number of aromatic nitrogens is 2. The number of nitrogens with one attached hydrogen (secondary N) is 1. The highest BCUT2D eigenvalue weighted by atomic mass is 35.5. The first-order valence-electron chi connectivity index (χ1n) is 10.4. The SMILES string of the molecule is O=C(O)c1cccc(Nc2cnn(C34C[C@@H]5CC(C[C@H](C5)C3)[C@@H]4C(=O)O)c(=O)c2Cl)c1. The van der Waals surface area contributed by atoms with Crippen LogP contribution in [-0.4, -0.2) is 31.9 Å². The summed E-state index contributed by atoms with van der Waals surface area (Å²) in [5.41, 5.74) is -0.557. The largest absolute Gasteiger partial charge is 0.481 e. The summed E-state index contributed by atoms with van der Waals surface area (Å²) in [7, 11) is 0. The van der Waals surface area contributed by atoms with Gasteiger partial charge in [0.1, 0.15) is 5.02 Å². The Hall–Kier alpha value is -2.87. The van der Waals surface area contributed by atoms with Gasteiger partial charge in [0.05, 0.1) is 28.9 Å². The molecule has 6 rings (SSSR count). The van der Waals surface area contributed by atoms with Crippen LogP contribution in [0.4, 0.5) is 11.4 Å². The number of rotatable bonds is 5. The third-order valence-electron chi connectivity index (χ3n) is 7.27. The number of carbonyl (C=O) groups is 2. The molecule has 9 heteroatoms. The lowest BCUT2D eigenvalue weighted by Gasteiger charge is -2.59. The summed E-state index contributed by atoms with van der Waals surface area (Å²) in [5.74, 6) is -1.69. The minimum Gasteiger partial charge on any atom is -0.481 e. The Bertz CT molecular complexity index is 1130. The van der Waals surface area contributed by atoms with Crippen LogP contribution in [0.2, 0.25) is 5.02 Å². The van der Waals surface area contributed by atoms with Crippen LogP contribution in [0.5, 0.6) is 0 Å². The van der Waals surface area contributed by atoms with Crippen molar-refractivity contribution in [3.05, 3.63) is 51.4 Å². The van der Waals surface area contributed by atoms with Crippen LogP contribution in [0.3, 0.4) is 0 Å². The Balaban J connectivity index is 1.54. The number of anilines is 2. The molecule has 2 aromatic rings. The molecule has 4 aliphatic rings. The summed E-state index contributed by atoms with van der Waals surface area (Å²) in [6.07, 6.45) is 5.58. The minimum absolute atomic E-state index is 0.0628. The molecule has 4 saturated carbocycles. The molecule has 0 saturated heterocycles. The Labute approximate surface area is 182 Å². The van der Waals surface area contributed by atoms with Crippen molar-refractivity contribution in [2.45, 2.75) is 37.6 Å². The molecule has 4 fully saturated rings. The highest BCUT2D eigenvalue weighted by Crippen LogP contribution is 2.61. The summed E-state index contributed by atoms with van der Waals surface area (Å²) in [5, 5.41) is 26.4. The Morgan fingerprint density at radius 1 is 1.16 bits per heavy atom. The molecule has 8 nitrogen and oxygen atoms in total. The molecule has 3 N–H and O–H groups in total. The summed E-state index contributed by atoms with van der Waals surface area (Å²) >= 11 is 6.42. The van der Waals surface area contributed by atoms with Gasteiger partial charge in [0.2, 0.25) is 0 Å². The molecule has 0 unspecified atom stereocenters. The normalized spacial score (nSPS) is 30.9. The van der Waals surface area contributed by atoms with Crippen molar-refractivity contribution in [3.8, 4) is 0 Å². The third kappa shape index (κ3) is 3.12. The van der Waals surface area contributed by atoms with Crippen molar-refractivity contribution in [2.75, 3.05) is 5.32 Å². The topological polar surface area (TPSA) is 122 Å². The van der Waals surface area contributed by atoms with E-state index in [1.54, 1.807) is 12.1 Å². The van der Waals surface area contributed by atoms with Gasteiger partial charge in [-0.25, -0.2) is 9.48 Å². The van der Waals surface area contributed by atoms with Crippen molar-refractivity contribution in [1.82, 2.24) is 9.78 Å². The zero-order valence-corrected chi connectivity index (χ0v) is 17.4. The van der Waals surface area contributed by atoms with Crippen molar-refractivity contribution < 1.29 is 19.8 Å². The maximum absolute atomic E-state index is 13.3. The first kappa shape index (κ1) is 20.1. The molecule has 31 heavy (non-hydrogen) atoms. The van der Waals surface area contributed by atoms with Gasteiger partial charge >= 0.3 is 11.9 Å². The van der Waals surface area contributed by atoms with E-state index in [-0.39, 0.29) is 22.2 Å². The first-order chi connectivity index (χ1) is 14.8. The van der Waals surface area contributed by atoms with Gasteiger partial charge in [-0.15, -0.1) is 0 Å². The minimum atomic E-state index is -1.06. The molecule has 0 aliphatic heterocycles. The van der Waals surface area contributed by atoms with Crippen molar-refractivity contribution in [1.29, 1.82) is 0 Å². The van der Waals surface area contributed by atoms with Gasteiger partial charge in [0.25, 0.3) is 5.56 Å². The van der Waals surface area contributed by atoms with Crippen LogP contribution >= 0.6 is 11.6 Å². The lowest BCUT2D eigenvalue weighted by atomic mass is 9.48. The molecule has 1 aromatic carbocycles. The van der Waals surface area contributed by atoms with Crippen LogP contribution < -0.4 is 10.9 Å². The van der Waals surface area contributed by atoms with E-state index in [0.717, 1.165) is 19.3 Å². The van der Waals surface area contributed by atoms with Crippen LogP contribution in [-0.2, 0) is 10.3 Å². The molecule has 162 valence electrons. The van der Waals surface area contributed by atoms with E-state index in [9.17, 15) is 19.5 Å². The van der Waals surface area contributed by atoms with E-state index in [4.69, 9.17) is 16.7 Å². The highest BCUT2D eigenvalue weighted by molar-refractivity contribution is 6.33. The maximum Gasteiger partial charge on any atom is 0.335 e. The van der Waals surface area contributed by atoms with Crippen LogP contribution in [0.25, 0.3) is 0 Å². The van der Waals surface area contributed by atoms with Gasteiger partial charge < -0.3 is 15.5 Å². The fraction of sp³-hybridized carbons (Fsp3) is 0.455. The summed E-state index contributed by atoms with van der Waals surface area (Å²) < 4.78 is 1.33. The van der Waals surface area contributed by atoms with Crippen LogP contribution in [0, 0.1) is 23.7 Å². The number of halogens is 1. The summed E-state index contributed by atoms with van der Waals surface area (Å²) in [6.45, 7) is 0. The maximum atomic E-state index is 13.3. The fourth-order valence-electron chi connectivity index (χ4n) is 6.46. The standard InChI is InChI=1S/C22H22ClN3O5/c23-18-16(25-15-3-1-2-13(7-15)20(28)29)10-24-26(19(18)27)22-8-11-4-12(9-22)6-14(5-11)17(22)21(30)31/h1-3,7,10-12,14,17,25H,4-6,8-9H2,(H,28,29)(H,30,31)/t11-,12-,14?,17+,22?/m0/s1. The summed E-state index contributed by atoms with van der Waals surface area (Å²) in [6, 6.07) is 6.14. The van der Waals surface area contributed by atoms with Crippen molar-refractivity contribution in [3.63, 3.8) is 0 Å². The lowest BCUT2D eigenvalue weighted by Crippen LogP contribution is -2.63. The van der Waals surface area contributed by atoms with E-state index in [0.29, 0.717) is 30.4 Å². The van der Waals surface area contributed by atoms with Crippen molar-refractivity contribution in [2.24, 2.45) is 23.7 Å². The fourth-order valence-corrected chi connectivity index (χ4v) is 6.63. The van der Waals surface area contributed by atoms with E-state index in [2.05, 4.69) is 10.4 Å². The number of hydrogen-bond donors (Lipinski definition) is 3. The van der Waals surface area contributed by atoms with Gasteiger partial charge in [-0.1, -0.05) is 17.7 Å². The van der Waals surface area contributed by atoms with E-state index < -0.39 is 29.0 Å². The van der Waals surface area contributed by atoms with Crippen LogP contribution in [0.1, 0.15) is 42.5 Å². The smallest absolute Gasteiger partial charge is 0.335 e. The molecule has 1 heterocycles. The first-order valence-corrected chi connectivity index (χ1v) is 10.8. The number of aliphatic carboxylic acids is 1. The zero-order chi connectivity index (χ0) is 21.9. The number of aromatic carboxylic acids is 1. The molecule has 3 atom stereocenters. The van der Waals surface area contributed by atoms with E-state index in [1.807, 2.05) is 0 Å². The summed E-state index contributed by atoms with van der Waals surface area (Å²) in [4.78, 5) is 36.7. The van der Waals surface area contributed by atoms with Gasteiger partial charge in [-0.3, -0.25) is 9.59 Å². The number of hydrogen-bond acceptors (Lipinski definition) is 5. The Kier molecular flexibility index (Phi) is 4.58. The van der Waals surface area contributed by atoms with Gasteiger partial charge in [0, 0.05) is 5.69 Å². The number of nitrogens with zero attached hydrogens (tertiary/aromatic N) is 2. The zero-order valence-electron chi connectivity index (χ0n) is 16.6. The predicted molar refractivity (Wildman–Crippen MR) is 113 cm³/mol. The highest BCUT2D eigenvalue weighted by Gasteiger charge is 2.61. The van der Waals surface area contributed by atoms with E-state index in [1.165, 1.54) is 23.0 Å². The predicted octanol–water partition coefficient (Wildman–Crippen LogP) is 3.57. The molecular formula is C22H22ClN3O5. The monoisotopic (exact) mass is 443 g/mol. The molecule has 0 spiro atoms. The molecule has 4 bridgehead atoms.